The zero-order chi connectivity index (χ0) is 11.1. The van der Waals surface area contributed by atoms with E-state index in [1.807, 2.05) is 30.3 Å². The molecule has 0 bridgehead atoms. The second kappa shape index (κ2) is 6.40. The van der Waals surface area contributed by atoms with E-state index >= 15 is 0 Å². The van der Waals surface area contributed by atoms with Crippen molar-refractivity contribution in [3.05, 3.63) is 41.5 Å². The predicted octanol–water partition coefficient (Wildman–Crippen LogP) is 2.53. The molecule has 0 radical (unpaired) electrons. The van der Waals surface area contributed by atoms with Crippen molar-refractivity contribution in [2.45, 2.75) is 5.75 Å². The standard InChI is InChI=1S/C11H10O2S2/c12-11(13)10(6-14)8-15-7-9-4-2-1-3-5-9/h1-5H,7-8H2,(H,12,13). The van der Waals surface area contributed by atoms with Gasteiger partial charge in [-0.05, 0) is 22.8 Å². The molecule has 0 aliphatic rings. The largest absolute Gasteiger partial charge is 0.477 e. The Morgan fingerprint density at radius 1 is 1.40 bits per heavy atom. The molecule has 0 heterocycles. The average molecular weight is 238 g/mol. The number of hydrogen-bond acceptors (Lipinski definition) is 3. The molecule has 0 aliphatic heterocycles. The number of thioether (sulfide) groups is 1. The fourth-order valence-corrected chi connectivity index (χ4v) is 2.16. The Balaban J connectivity index is 2.40. The summed E-state index contributed by atoms with van der Waals surface area (Å²) >= 11 is 6.02. The van der Waals surface area contributed by atoms with Crippen LogP contribution in [0.3, 0.4) is 0 Å². The highest BCUT2D eigenvalue weighted by Crippen LogP contribution is 2.14. The molecule has 1 aromatic rings. The van der Waals surface area contributed by atoms with Gasteiger partial charge in [0, 0.05) is 11.5 Å². The van der Waals surface area contributed by atoms with Crippen LogP contribution in [-0.2, 0) is 10.5 Å². The van der Waals surface area contributed by atoms with Crippen LogP contribution < -0.4 is 0 Å². The summed E-state index contributed by atoms with van der Waals surface area (Å²) in [4.78, 5) is 10.6. The molecule has 0 aliphatic carbocycles. The first-order valence-electron chi connectivity index (χ1n) is 4.33. The number of carbonyl (C=O) groups is 1. The van der Waals surface area contributed by atoms with Gasteiger partial charge in [-0.2, -0.15) is 11.8 Å². The molecular weight excluding hydrogens is 228 g/mol. The molecule has 2 nitrogen and oxygen atoms in total. The van der Waals surface area contributed by atoms with Gasteiger partial charge in [0.2, 0.25) is 0 Å². The van der Waals surface area contributed by atoms with Crippen molar-refractivity contribution in [2.75, 3.05) is 5.75 Å². The van der Waals surface area contributed by atoms with Crippen LogP contribution in [0, 0.1) is 0 Å². The van der Waals surface area contributed by atoms with E-state index in [1.165, 1.54) is 17.3 Å². The highest BCUT2D eigenvalue weighted by molar-refractivity contribution is 7.98. The fourth-order valence-electron chi connectivity index (χ4n) is 0.980. The Morgan fingerprint density at radius 3 is 2.60 bits per heavy atom. The summed E-state index contributed by atoms with van der Waals surface area (Å²) in [6.45, 7) is 0. The average Bonchev–Trinajstić information content (AvgIpc) is 2.25. The fraction of sp³-hybridized carbons (Fsp3) is 0.182. The van der Waals surface area contributed by atoms with Crippen LogP contribution in [0.25, 0.3) is 0 Å². The molecule has 0 spiro atoms. The Labute approximate surface area is 98.0 Å². The smallest absolute Gasteiger partial charge is 0.341 e. The third kappa shape index (κ3) is 4.30. The van der Waals surface area contributed by atoms with Gasteiger partial charge in [0.25, 0.3) is 0 Å². The van der Waals surface area contributed by atoms with Crippen molar-refractivity contribution in [3.63, 3.8) is 0 Å². The maximum Gasteiger partial charge on any atom is 0.341 e. The van der Waals surface area contributed by atoms with Gasteiger partial charge in [-0.1, -0.05) is 30.3 Å². The summed E-state index contributed by atoms with van der Waals surface area (Å²) in [6, 6.07) is 9.89. The summed E-state index contributed by atoms with van der Waals surface area (Å²) in [5.41, 5.74) is 1.34. The van der Waals surface area contributed by atoms with Crippen molar-refractivity contribution >= 4 is 35.0 Å². The van der Waals surface area contributed by atoms with Crippen LogP contribution >= 0.6 is 24.0 Å². The lowest BCUT2D eigenvalue weighted by Crippen LogP contribution is -2.03. The summed E-state index contributed by atoms with van der Waals surface area (Å²) in [5, 5.41) is 11.0. The summed E-state index contributed by atoms with van der Waals surface area (Å²) in [6.07, 6.45) is 0. The van der Waals surface area contributed by atoms with Crippen LogP contribution in [0.2, 0.25) is 0 Å². The molecule has 1 rings (SSSR count). The lowest BCUT2D eigenvalue weighted by atomic mass is 10.2. The van der Waals surface area contributed by atoms with Crippen molar-refractivity contribution in [1.82, 2.24) is 0 Å². The van der Waals surface area contributed by atoms with Crippen LogP contribution in [0.4, 0.5) is 0 Å². The maximum atomic E-state index is 10.6. The Hall–Kier alpha value is -1.09. The van der Waals surface area contributed by atoms with Gasteiger partial charge in [0.15, 0.2) is 0 Å². The zero-order valence-electron chi connectivity index (χ0n) is 7.97. The highest BCUT2D eigenvalue weighted by atomic mass is 32.2. The first-order chi connectivity index (χ1) is 7.24. The van der Waals surface area contributed by atoms with E-state index in [1.54, 1.807) is 0 Å². The van der Waals surface area contributed by atoms with E-state index in [-0.39, 0.29) is 5.57 Å². The lowest BCUT2D eigenvalue weighted by Gasteiger charge is -2.00. The van der Waals surface area contributed by atoms with Gasteiger partial charge in [-0.3, -0.25) is 0 Å². The van der Waals surface area contributed by atoms with Gasteiger partial charge >= 0.3 is 5.97 Å². The van der Waals surface area contributed by atoms with Gasteiger partial charge in [0.05, 0.1) is 0 Å². The first-order valence-corrected chi connectivity index (χ1v) is 5.89. The van der Waals surface area contributed by atoms with E-state index in [9.17, 15) is 4.79 Å². The molecule has 0 saturated carbocycles. The van der Waals surface area contributed by atoms with Gasteiger partial charge < -0.3 is 5.11 Å². The SMILES string of the molecule is O=C(O)C(=C=S)CSCc1ccccc1. The molecule has 1 aromatic carbocycles. The number of aliphatic carboxylic acids is 1. The number of benzene rings is 1. The number of hydrogen-bond donors (Lipinski definition) is 1. The molecule has 78 valence electrons. The third-order valence-electron chi connectivity index (χ3n) is 1.74. The van der Waals surface area contributed by atoms with Gasteiger partial charge in [-0.25, -0.2) is 4.79 Å². The number of carboxylic acid groups (broad SMARTS) is 1. The molecule has 0 unspecified atom stereocenters. The number of thiocarbonyl (C=S) groups is 1. The monoisotopic (exact) mass is 238 g/mol. The minimum Gasteiger partial charge on any atom is -0.477 e. The van der Waals surface area contributed by atoms with Crippen LogP contribution in [0.5, 0.6) is 0 Å². The third-order valence-corrected chi connectivity index (χ3v) is 3.02. The topological polar surface area (TPSA) is 37.3 Å². The van der Waals surface area contributed by atoms with Crippen molar-refractivity contribution < 1.29 is 9.90 Å². The quantitative estimate of drug-likeness (QED) is 0.632. The zero-order valence-corrected chi connectivity index (χ0v) is 9.61. The summed E-state index contributed by atoms with van der Waals surface area (Å²) in [7, 11) is 0. The molecular formula is C11H10O2S2. The first kappa shape index (κ1) is 12.0. The molecule has 0 saturated heterocycles. The minimum atomic E-state index is -0.981. The van der Waals surface area contributed by atoms with Crippen molar-refractivity contribution in [1.29, 1.82) is 0 Å². The summed E-state index contributed by atoms with van der Waals surface area (Å²) in [5.74, 6) is 0.202. The van der Waals surface area contributed by atoms with E-state index in [0.29, 0.717) is 5.75 Å². The second-order valence-corrected chi connectivity index (χ2v) is 4.05. The lowest BCUT2D eigenvalue weighted by molar-refractivity contribution is -0.132. The van der Waals surface area contributed by atoms with Crippen LogP contribution in [0.1, 0.15) is 5.56 Å². The van der Waals surface area contributed by atoms with E-state index < -0.39 is 5.97 Å². The molecule has 1 N–H and O–H groups in total. The maximum absolute atomic E-state index is 10.6. The van der Waals surface area contributed by atoms with Gasteiger partial charge in [0.1, 0.15) is 5.57 Å². The number of rotatable bonds is 5. The van der Waals surface area contributed by atoms with Crippen molar-refractivity contribution in [2.24, 2.45) is 0 Å². The normalized spacial score (nSPS) is 9.33. The van der Waals surface area contributed by atoms with E-state index in [0.717, 1.165) is 5.75 Å². The van der Waals surface area contributed by atoms with Crippen LogP contribution in [-0.4, -0.2) is 21.9 Å². The van der Waals surface area contributed by atoms with Crippen LogP contribution in [0.15, 0.2) is 35.9 Å². The second-order valence-electron chi connectivity index (χ2n) is 2.86. The summed E-state index contributed by atoms with van der Waals surface area (Å²) < 4.78 is 0. The van der Waals surface area contributed by atoms with E-state index in [2.05, 4.69) is 17.2 Å². The molecule has 15 heavy (non-hydrogen) atoms. The minimum absolute atomic E-state index is 0.158. The molecule has 4 heteroatoms. The molecule has 0 amide bonds. The Morgan fingerprint density at radius 2 is 2.07 bits per heavy atom. The molecule has 0 atom stereocenters. The highest BCUT2D eigenvalue weighted by Gasteiger charge is 2.06. The predicted molar refractivity (Wildman–Crippen MR) is 66.4 cm³/mol. The molecule has 0 aromatic heterocycles. The molecule has 0 fully saturated rings. The number of carboxylic acids is 1. The van der Waals surface area contributed by atoms with E-state index in [4.69, 9.17) is 5.11 Å². The Kier molecular flexibility index (Phi) is 5.12. The van der Waals surface area contributed by atoms with Gasteiger partial charge in [-0.15, -0.1) is 0 Å². The van der Waals surface area contributed by atoms with Crippen molar-refractivity contribution in [3.8, 4) is 0 Å². The Bertz CT molecular complexity index is 381.